The maximum Gasteiger partial charge on any atom is 0.328 e. The van der Waals surface area contributed by atoms with Crippen molar-refractivity contribution in [1.82, 2.24) is 9.38 Å². The number of carboxylic acid groups (broad SMARTS) is 1. The zero-order valence-corrected chi connectivity index (χ0v) is 11.0. The number of nitrogens with zero attached hydrogens (tertiary/aromatic N) is 2. The van der Waals surface area contributed by atoms with Crippen LogP contribution in [0.15, 0.2) is 40.5 Å². The van der Waals surface area contributed by atoms with Crippen molar-refractivity contribution in [2.45, 2.75) is 6.61 Å². The van der Waals surface area contributed by atoms with Gasteiger partial charge in [0.1, 0.15) is 18.1 Å². The van der Waals surface area contributed by atoms with Crippen LogP contribution in [0.1, 0.15) is 11.5 Å². The van der Waals surface area contributed by atoms with Crippen molar-refractivity contribution >= 4 is 28.3 Å². The lowest BCUT2D eigenvalue weighted by molar-refractivity contribution is -0.131. The molecule has 0 radical (unpaired) electrons. The van der Waals surface area contributed by atoms with Gasteiger partial charge in [-0.2, -0.15) is 4.98 Å². The van der Waals surface area contributed by atoms with Crippen LogP contribution in [0.5, 0.6) is 5.88 Å². The SMILES string of the molecule is O=C(O)C=Cc1c(OCc2ccco2)nc2sccn12. The number of imidazole rings is 1. The fourth-order valence-corrected chi connectivity index (χ4v) is 2.44. The predicted octanol–water partition coefficient (Wildman–Crippen LogP) is 2.67. The van der Waals surface area contributed by atoms with E-state index in [-0.39, 0.29) is 6.61 Å². The van der Waals surface area contributed by atoms with Crippen LogP contribution in [0.25, 0.3) is 11.0 Å². The van der Waals surface area contributed by atoms with Crippen molar-refractivity contribution in [3.63, 3.8) is 0 Å². The molecule has 0 fully saturated rings. The molecule has 0 aliphatic rings. The fourth-order valence-electron chi connectivity index (χ4n) is 1.73. The highest BCUT2D eigenvalue weighted by Gasteiger charge is 2.13. The molecule has 3 aromatic rings. The molecule has 7 heteroatoms. The van der Waals surface area contributed by atoms with Gasteiger partial charge >= 0.3 is 5.97 Å². The van der Waals surface area contributed by atoms with Gasteiger partial charge in [-0.1, -0.05) is 0 Å². The zero-order chi connectivity index (χ0) is 13.9. The van der Waals surface area contributed by atoms with Gasteiger partial charge in [-0.25, -0.2) is 4.79 Å². The zero-order valence-electron chi connectivity index (χ0n) is 10.2. The molecule has 0 amide bonds. The van der Waals surface area contributed by atoms with Gasteiger partial charge in [-0.05, 0) is 18.2 Å². The summed E-state index contributed by atoms with van der Waals surface area (Å²) in [5, 5.41) is 10.6. The minimum absolute atomic E-state index is 0.242. The molecule has 6 nitrogen and oxygen atoms in total. The van der Waals surface area contributed by atoms with Gasteiger partial charge in [-0.3, -0.25) is 4.40 Å². The van der Waals surface area contributed by atoms with Crippen LogP contribution in [-0.2, 0) is 11.4 Å². The number of rotatable bonds is 5. The summed E-state index contributed by atoms with van der Waals surface area (Å²) in [5.74, 6) is 0.0347. The standard InChI is InChI=1S/C13H10N2O4S/c16-11(17)4-3-10-12(14-13-15(10)5-7-20-13)19-8-9-2-1-6-18-9/h1-7H,8H2,(H,16,17). The van der Waals surface area contributed by atoms with Crippen LogP contribution in [-0.4, -0.2) is 20.5 Å². The molecule has 0 unspecified atom stereocenters. The van der Waals surface area contributed by atoms with Gasteiger partial charge < -0.3 is 14.3 Å². The molecule has 0 atom stereocenters. The van der Waals surface area contributed by atoms with Crippen LogP contribution in [0.3, 0.4) is 0 Å². The maximum absolute atomic E-state index is 10.7. The second kappa shape index (κ2) is 5.22. The summed E-state index contributed by atoms with van der Waals surface area (Å²) in [6.45, 7) is 0.242. The highest BCUT2D eigenvalue weighted by atomic mass is 32.1. The molecule has 102 valence electrons. The van der Waals surface area contributed by atoms with Gasteiger partial charge in [-0.15, -0.1) is 11.3 Å². The molecular weight excluding hydrogens is 280 g/mol. The smallest absolute Gasteiger partial charge is 0.328 e. The highest BCUT2D eigenvalue weighted by molar-refractivity contribution is 7.15. The van der Waals surface area contributed by atoms with Gasteiger partial charge in [0.05, 0.1) is 6.26 Å². The van der Waals surface area contributed by atoms with E-state index in [0.717, 1.165) is 11.0 Å². The molecule has 0 bridgehead atoms. The molecule has 0 saturated heterocycles. The fraction of sp³-hybridized carbons (Fsp3) is 0.0769. The molecule has 0 saturated carbocycles. The Morgan fingerprint density at radius 3 is 3.25 bits per heavy atom. The van der Waals surface area contributed by atoms with E-state index in [4.69, 9.17) is 14.3 Å². The summed E-state index contributed by atoms with van der Waals surface area (Å²) in [6, 6.07) is 3.57. The van der Waals surface area contributed by atoms with E-state index < -0.39 is 5.97 Å². The number of ether oxygens (including phenoxy) is 1. The average molecular weight is 290 g/mol. The first-order valence-corrected chi connectivity index (χ1v) is 6.64. The number of carbonyl (C=O) groups is 1. The lowest BCUT2D eigenvalue weighted by atomic mass is 10.4. The normalized spacial score (nSPS) is 11.4. The molecule has 0 spiro atoms. The van der Waals surface area contributed by atoms with E-state index in [1.165, 1.54) is 17.4 Å². The molecular formula is C13H10N2O4S. The van der Waals surface area contributed by atoms with Crippen LogP contribution < -0.4 is 4.74 Å². The summed E-state index contributed by atoms with van der Waals surface area (Å²) in [5.41, 5.74) is 0.593. The van der Waals surface area contributed by atoms with Crippen molar-refractivity contribution in [2.75, 3.05) is 0 Å². The molecule has 0 aliphatic heterocycles. The third kappa shape index (κ3) is 2.43. The van der Waals surface area contributed by atoms with Gasteiger partial charge in [0.25, 0.3) is 0 Å². The molecule has 3 heterocycles. The van der Waals surface area contributed by atoms with E-state index in [9.17, 15) is 4.79 Å². The number of furan rings is 1. The van der Waals surface area contributed by atoms with Gasteiger partial charge in [0, 0.05) is 17.7 Å². The van der Waals surface area contributed by atoms with E-state index in [0.29, 0.717) is 17.3 Å². The van der Waals surface area contributed by atoms with Gasteiger partial charge in [0.2, 0.25) is 5.88 Å². The molecule has 3 aromatic heterocycles. The molecule has 0 aromatic carbocycles. The maximum atomic E-state index is 10.7. The third-order valence-electron chi connectivity index (χ3n) is 2.58. The number of fused-ring (bicyclic) bond motifs is 1. The Morgan fingerprint density at radius 2 is 2.50 bits per heavy atom. The lowest BCUT2D eigenvalue weighted by Crippen LogP contribution is -1.96. The van der Waals surface area contributed by atoms with Crippen molar-refractivity contribution < 1.29 is 19.1 Å². The first kappa shape index (κ1) is 12.5. The largest absolute Gasteiger partial charge is 0.478 e. The van der Waals surface area contributed by atoms with Crippen LogP contribution in [0.4, 0.5) is 0 Å². The number of hydrogen-bond acceptors (Lipinski definition) is 5. The molecule has 1 N–H and O–H groups in total. The van der Waals surface area contributed by atoms with E-state index in [1.807, 2.05) is 11.6 Å². The molecule has 20 heavy (non-hydrogen) atoms. The first-order chi connectivity index (χ1) is 9.74. The Labute approximate surface area is 117 Å². The number of aliphatic carboxylic acids is 1. The number of hydrogen-bond donors (Lipinski definition) is 1. The average Bonchev–Trinajstić information content (AvgIpc) is 3.11. The van der Waals surface area contributed by atoms with Crippen LogP contribution in [0, 0.1) is 0 Å². The Balaban J connectivity index is 1.90. The van der Waals surface area contributed by atoms with E-state index in [2.05, 4.69) is 4.98 Å². The third-order valence-corrected chi connectivity index (χ3v) is 3.34. The summed E-state index contributed by atoms with van der Waals surface area (Å²) < 4.78 is 12.6. The second-order valence-corrected chi connectivity index (χ2v) is 4.77. The second-order valence-electron chi connectivity index (χ2n) is 3.90. The summed E-state index contributed by atoms with van der Waals surface area (Å²) in [7, 11) is 0. The topological polar surface area (TPSA) is 77.0 Å². The van der Waals surface area contributed by atoms with Crippen molar-refractivity contribution in [2.24, 2.45) is 0 Å². The lowest BCUT2D eigenvalue weighted by Gasteiger charge is -2.01. The quantitative estimate of drug-likeness (QED) is 0.731. The molecule has 0 aliphatic carbocycles. The predicted molar refractivity (Wildman–Crippen MR) is 72.8 cm³/mol. The molecule has 3 rings (SSSR count). The van der Waals surface area contributed by atoms with Crippen LogP contribution in [0.2, 0.25) is 0 Å². The summed E-state index contributed by atoms with van der Waals surface area (Å²) in [4.78, 5) is 15.7. The van der Waals surface area contributed by atoms with Gasteiger partial charge in [0.15, 0.2) is 4.96 Å². The Bertz CT molecular complexity index is 755. The van der Waals surface area contributed by atoms with Crippen molar-refractivity contribution in [3.8, 4) is 5.88 Å². The van der Waals surface area contributed by atoms with E-state index in [1.54, 1.807) is 22.8 Å². The Hall–Kier alpha value is -2.54. The summed E-state index contributed by atoms with van der Waals surface area (Å²) >= 11 is 1.45. The monoisotopic (exact) mass is 290 g/mol. The number of aromatic nitrogens is 2. The number of thiazole rings is 1. The highest BCUT2D eigenvalue weighted by Crippen LogP contribution is 2.25. The Morgan fingerprint density at radius 1 is 1.60 bits per heavy atom. The minimum Gasteiger partial charge on any atom is -0.478 e. The minimum atomic E-state index is -1.02. The van der Waals surface area contributed by atoms with Crippen molar-refractivity contribution in [1.29, 1.82) is 0 Å². The van der Waals surface area contributed by atoms with Crippen molar-refractivity contribution in [3.05, 3.63) is 47.5 Å². The Kier molecular flexibility index (Phi) is 3.26. The summed E-state index contributed by atoms with van der Waals surface area (Å²) in [6.07, 6.45) is 5.90. The van der Waals surface area contributed by atoms with Crippen LogP contribution >= 0.6 is 11.3 Å². The number of carboxylic acids is 1. The first-order valence-electron chi connectivity index (χ1n) is 5.76. The van der Waals surface area contributed by atoms with E-state index >= 15 is 0 Å².